The molecule has 70 valence electrons. The Kier molecular flexibility index (Phi) is 12.3. The van der Waals surface area contributed by atoms with Gasteiger partial charge in [-0.05, 0) is 12.3 Å². The van der Waals surface area contributed by atoms with E-state index >= 15 is 0 Å². The Hall–Kier alpha value is -0.0400. The molecule has 0 aromatic rings. The third-order valence-electron chi connectivity index (χ3n) is 1.98. The van der Waals surface area contributed by atoms with Gasteiger partial charge in [0.2, 0.25) is 0 Å². The lowest BCUT2D eigenvalue weighted by Crippen LogP contribution is -2.18. The molecule has 0 aliphatic carbocycles. The highest BCUT2D eigenvalue weighted by Crippen LogP contribution is 2.12. The van der Waals surface area contributed by atoms with Gasteiger partial charge >= 0.3 is 0 Å². The maximum atomic E-state index is 5.25. The van der Waals surface area contributed by atoms with E-state index in [2.05, 4.69) is 20.8 Å². The van der Waals surface area contributed by atoms with Crippen LogP contribution in [0.3, 0.4) is 0 Å². The third-order valence-corrected chi connectivity index (χ3v) is 1.98. The van der Waals surface area contributed by atoms with Crippen molar-refractivity contribution in [2.75, 3.05) is 7.11 Å². The lowest BCUT2D eigenvalue weighted by molar-refractivity contribution is 0.0543. The third kappa shape index (κ3) is 6.36. The second-order valence-corrected chi connectivity index (χ2v) is 2.57. The van der Waals surface area contributed by atoms with Gasteiger partial charge < -0.3 is 4.74 Å². The maximum absolute atomic E-state index is 5.25. The van der Waals surface area contributed by atoms with E-state index < -0.39 is 0 Å². The Bertz CT molecular complexity index is 57.9. The van der Waals surface area contributed by atoms with Crippen molar-refractivity contribution < 1.29 is 4.74 Å². The average molecular weight is 160 g/mol. The van der Waals surface area contributed by atoms with E-state index in [9.17, 15) is 0 Å². The molecular formula is C10H24O. The van der Waals surface area contributed by atoms with Crippen molar-refractivity contribution in [3.05, 3.63) is 0 Å². The summed E-state index contributed by atoms with van der Waals surface area (Å²) in [6, 6.07) is 0. The van der Waals surface area contributed by atoms with E-state index in [0.29, 0.717) is 12.0 Å². The van der Waals surface area contributed by atoms with Crippen LogP contribution in [0, 0.1) is 5.92 Å². The minimum atomic E-state index is 0.468. The summed E-state index contributed by atoms with van der Waals surface area (Å²) in [4.78, 5) is 0. The predicted octanol–water partition coefficient (Wildman–Crippen LogP) is 3.48. The summed E-state index contributed by atoms with van der Waals surface area (Å²) in [6.45, 7) is 10.6. The fraction of sp³-hybridized carbons (Fsp3) is 1.00. The van der Waals surface area contributed by atoms with E-state index in [0.717, 1.165) is 6.42 Å². The average Bonchev–Trinajstić information content (AvgIpc) is 2.10. The molecule has 0 bridgehead atoms. The lowest BCUT2D eigenvalue weighted by atomic mass is 10.0. The molecule has 0 fully saturated rings. The van der Waals surface area contributed by atoms with Gasteiger partial charge in [0.25, 0.3) is 0 Å². The van der Waals surface area contributed by atoms with Crippen molar-refractivity contribution in [1.82, 2.24) is 0 Å². The zero-order valence-electron chi connectivity index (χ0n) is 8.98. The van der Waals surface area contributed by atoms with Gasteiger partial charge in [-0.1, -0.05) is 41.0 Å². The van der Waals surface area contributed by atoms with Gasteiger partial charge in [0.15, 0.2) is 0 Å². The van der Waals surface area contributed by atoms with Crippen LogP contribution in [0.25, 0.3) is 0 Å². The highest BCUT2D eigenvalue weighted by molar-refractivity contribution is 4.61. The Morgan fingerprint density at radius 3 is 1.64 bits per heavy atom. The molecule has 0 aromatic carbocycles. The van der Waals surface area contributed by atoms with E-state index in [-0.39, 0.29) is 0 Å². The van der Waals surface area contributed by atoms with Gasteiger partial charge in [0, 0.05) is 7.11 Å². The van der Waals surface area contributed by atoms with Crippen LogP contribution in [0.4, 0.5) is 0 Å². The molecule has 11 heavy (non-hydrogen) atoms. The minimum absolute atomic E-state index is 0.468. The molecule has 0 radical (unpaired) electrons. The van der Waals surface area contributed by atoms with Crippen molar-refractivity contribution in [2.45, 2.75) is 53.6 Å². The quantitative estimate of drug-likeness (QED) is 0.611. The van der Waals surface area contributed by atoms with Crippen LogP contribution < -0.4 is 0 Å². The number of methoxy groups -OCH3 is 1. The minimum Gasteiger partial charge on any atom is -0.381 e. The first-order valence-corrected chi connectivity index (χ1v) is 4.79. The SMILES string of the molecule is CC.CCC(C)C(CC)OC. The molecule has 1 nitrogen and oxygen atoms in total. The van der Waals surface area contributed by atoms with E-state index in [1.165, 1.54) is 6.42 Å². The molecule has 0 rings (SSSR count). The summed E-state index contributed by atoms with van der Waals surface area (Å²) in [5.74, 6) is 0.708. The highest BCUT2D eigenvalue weighted by Gasteiger charge is 2.10. The lowest BCUT2D eigenvalue weighted by Gasteiger charge is -2.18. The molecule has 0 saturated heterocycles. The van der Waals surface area contributed by atoms with Crippen LogP contribution in [-0.2, 0) is 4.74 Å². The second kappa shape index (κ2) is 9.96. The monoisotopic (exact) mass is 160 g/mol. The Labute approximate surface area is 72.1 Å². The van der Waals surface area contributed by atoms with Crippen molar-refractivity contribution in [1.29, 1.82) is 0 Å². The van der Waals surface area contributed by atoms with Gasteiger partial charge in [-0.15, -0.1) is 0 Å². The van der Waals surface area contributed by atoms with Crippen LogP contribution in [0.1, 0.15) is 47.5 Å². The molecular weight excluding hydrogens is 136 g/mol. The molecule has 0 aromatic heterocycles. The van der Waals surface area contributed by atoms with Crippen molar-refractivity contribution in [3.63, 3.8) is 0 Å². The van der Waals surface area contributed by atoms with Crippen LogP contribution in [0.5, 0.6) is 0 Å². The Morgan fingerprint density at radius 1 is 1.09 bits per heavy atom. The molecule has 1 heteroatoms. The molecule has 2 unspecified atom stereocenters. The Balaban J connectivity index is 0. The van der Waals surface area contributed by atoms with E-state index in [1.54, 1.807) is 7.11 Å². The zero-order chi connectivity index (χ0) is 9.28. The fourth-order valence-electron chi connectivity index (χ4n) is 1.06. The topological polar surface area (TPSA) is 9.23 Å². The summed E-state index contributed by atoms with van der Waals surface area (Å²) >= 11 is 0. The molecule has 0 amide bonds. The number of hydrogen-bond donors (Lipinski definition) is 0. The van der Waals surface area contributed by atoms with Gasteiger partial charge in [0.05, 0.1) is 6.10 Å². The molecule has 0 N–H and O–H groups in total. The first kappa shape index (κ1) is 13.5. The van der Waals surface area contributed by atoms with Gasteiger partial charge in [0.1, 0.15) is 0 Å². The normalized spacial score (nSPS) is 14.7. The second-order valence-electron chi connectivity index (χ2n) is 2.57. The van der Waals surface area contributed by atoms with Crippen molar-refractivity contribution >= 4 is 0 Å². The smallest absolute Gasteiger partial charge is 0.0594 e. The summed E-state index contributed by atoms with van der Waals surface area (Å²) in [5.41, 5.74) is 0. The van der Waals surface area contributed by atoms with Gasteiger partial charge in [-0.25, -0.2) is 0 Å². The largest absolute Gasteiger partial charge is 0.381 e. The molecule has 0 spiro atoms. The molecule has 2 atom stereocenters. The van der Waals surface area contributed by atoms with E-state index in [4.69, 9.17) is 4.74 Å². The van der Waals surface area contributed by atoms with Crippen LogP contribution in [-0.4, -0.2) is 13.2 Å². The summed E-state index contributed by atoms with van der Waals surface area (Å²) in [7, 11) is 1.79. The van der Waals surface area contributed by atoms with Gasteiger partial charge in [-0.2, -0.15) is 0 Å². The highest BCUT2D eigenvalue weighted by atomic mass is 16.5. The molecule has 0 saturated carbocycles. The first-order valence-electron chi connectivity index (χ1n) is 4.79. The molecule has 0 heterocycles. The summed E-state index contributed by atoms with van der Waals surface area (Å²) in [5, 5.41) is 0. The van der Waals surface area contributed by atoms with Crippen molar-refractivity contribution in [3.8, 4) is 0 Å². The summed E-state index contributed by atoms with van der Waals surface area (Å²) < 4.78 is 5.25. The molecule has 0 aliphatic heterocycles. The standard InChI is InChI=1S/C8H18O.C2H6/c1-5-7(3)8(6-2)9-4;1-2/h7-8H,5-6H2,1-4H3;1-2H3. The van der Waals surface area contributed by atoms with Crippen LogP contribution in [0.15, 0.2) is 0 Å². The number of ether oxygens (including phenoxy) is 1. The fourth-order valence-corrected chi connectivity index (χ4v) is 1.06. The number of rotatable bonds is 4. The summed E-state index contributed by atoms with van der Waals surface area (Å²) in [6.07, 6.45) is 2.81. The zero-order valence-corrected chi connectivity index (χ0v) is 8.98. The van der Waals surface area contributed by atoms with Gasteiger partial charge in [-0.3, -0.25) is 0 Å². The predicted molar refractivity (Wildman–Crippen MR) is 51.9 cm³/mol. The number of hydrogen-bond acceptors (Lipinski definition) is 1. The maximum Gasteiger partial charge on any atom is 0.0594 e. The van der Waals surface area contributed by atoms with Crippen molar-refractivity contribution in [2.24, 2.45) is 5.92 Å². The Morgan fingerprint density at radius 2 is 1.55 bits per heavy atom. The first-order chi connectivity index (χ1) is 5.26. The van der Waals surface area contributed by atoms with Crippen LogP contribution >= 0.6 is 0 Å². The van der Waals surface area contributed by atoms with Crippen LogP contribution in [0.2, 0.25) is 0 Å². The van der Waals surface area contributed by atoms with E-state index in [1.807, 2.05) is 13.8 Å². The molecule has 0 aliphatic rings.